The predicted molar refractivity (Wildman–Crippen MR) is 74.7 cm³/mol. The second-order valence-electron chi connectivity index (χ2n) is 4.18. The van der Waals surface area contributed by atoms with Crippen LogP contribution < -0.4 is 0 Å². The molecule has 0 saturated heterocycles. The molecule has 0 fully saturated rings. The highest BCUT2D eigenvalue weighted by Crippen LogP contribution is 2.27. The van der Waals surface area contributed by atoms with Gasteiger partial charge in [-0.2, -0.15) is 0 Å². The smallest absolute Gasteiger partial charge is 0.238 e. The largest absolute Gasteiger partial charge is 0.455 e. The minimum Gasteiger partial charge on any atom is -0.455 e. The Balaban J connectivity index is 1.93. The topological polar surface area (TPSA) is 39.4 Å². The van der Waals surface area contributed by atoms with Gasteiger partial charge < -0.3 is 9.15 Å². The lowest BCUT2D eigenvalue weighted by molar-refractivity contribution is 0.100. The molecule has 2 heterocycles. The van der Waals surface area contributed by atoms with E-state index in [1.54, 1.807) is 19.2 Å². The molecule has 0 unspecified atom stereocenters. The minimum atomic E-state index is -0.0800. The monoisotopic (exact) mass is 272 g/mol. The summed E-state index contributed by atoms with van der Waals surface area (Å²) in [5.41, 5.74) is 0. The van der Waals surface area contributed by atoms with Gasteiger partial charge in [0.05, 0.1) is 4.88 Å². The Morgan fingerprint density at radius 2 is 2.11 bits per heavy atom. The third-order valence-electron chi connectivity index (χ3n) is 2.82. The molecule has 1 aromatic carbocycles. The fourth-order valence-corrected chi connectivity index (χ4v) is 2.94. The quantitative estimate of drug-likeness (QED) is 0.677. The lowest BCUT2D eigenvalue weighted by Crippen LogP contribution is -1.95. The number of carbonyl (C=O) groups excluding carboxylic acids is 1. The molecule has 0 N–H and O–H groups in total. The van der Waals surface area contributed by atoms with Crippen LogP contribution in [0.25, 0.3) is 10.1 Å². The van der Waals surface area contributed by atoms with Crippen LogP contribution in [0.15, 0.2) is 46.9 Å². The van der Waals surface area contributed by atoms with Gasteiger partial charge in [-0.3, -0.25) is 4.79 Å². The molecule has 19 heavy (non-hydrogen) atoms. The van der Waals surface area contributed by atoms with E-state index in [1.165, 1.54) is 11.3 Å². The number of ether oxygens (including phenoxy) is 1. The average molecular weight is 272 g/mol. The third-order valence-corrected chi connectivity index (χ3v) is 3.94. The van der Waals surface area contributed by atoms with Crippen molar-refractivity contribution in [3.05, 3.63) is 58.9 Å². The average Bonchev–Trinajstić information content (AvgIpc) is 3.04. The van der Waals surface area contributed by atoms with Gasteiger partial charge in [0.15, 0.2) is 5.76 Å². The normalized spacial score (nSPS) is 11.0. The number of hydrogen-bond acceptors (Lipinski definition) is 4. The number of benzene rings is 1. The molecule has 0 atom stereocenters. The van der Waals surface area contributed by atoms with Gasteiger partial charge >= 0.3 is 0 Å². The zero-order valence-electron chi connectivity index (χ0n) is 10.4. The van der Waals surface area contributed by atoms with Crippen LogP contribution in [0.4, 0.5) is 0 Å². The van der Waals surface area contributed by atoms with Gasteiger partial charge in [0, 0.05) is 11.8 Å². The number of thiophene rings is 1. The molecule has 3 aromatic rings. The molecule has 3 nitrogen and oxygen atoms in total. The van der Waals surface area contributed by atoms with Gasteiger partial charge in [-0.15, -0.1) is 11.3 Å². The van der Waals surface area contributed by atoms with Gasteiger partial charge in [-0.1, -0.05) is 18.2 Å². The zero-order chi connectivity index (χ0) is 13.2. The standard InChI is InChI=1S/C15H12O3S/c1-17-9-11-6-7-12(18-11)15(16)14-8-10-4-2-3-5-13(10)19-14/h2-8H,9H2,1H3. The van der Waals surface area contributed by atoms with Crippen molar-refractivity contribution < 1.29 is 13.9 Å². The van der Waals surface area contributed by atoms with Crippen molar-refractivity contribution in [2.24, 2.45) is 0 Å². The maximum Gasteiger partial charge on any atom is 0.238 e. The summed E-state index contributed by atoms with van der Waals surface area (Å²) in [5, 5.41) is 1.08. The summed E-state index contributed by atoms with van der Waals surface area (Å²) in [7, 11) is 1.59. The number of fused-ring (bicyclic) bond motifs is 1. The van der Waals surface area contributed by atoms with E-state index in [0.717, 1.165) is 10.1 Å². The Morgan fingerprint density at radius 1 is 1.26 bits per heavy atom. The van der Waals surface area contributed by atoms with Gasteiger partial charge in [-0.05, 0) is 29.7 Å². The molecular formula is C15H12O3S. The predicted octanol–water partition coefficient (Wildman–Crippen LogP) is 3.87. The summed E-state index contributed by atoms with van der Waals surface area (Å²) in [4.78, 5) is 13.0. The Kier molecular flexibility index (Phi) is 3.19. The molecule has 2 aromatic heterocycles. The molecule has 0 amide bonds. The van der Waals surface area contributed by atoms with Crippen LogP contribution >= 0.6 is 11.3 Å². The van der Waals surface area contributed by atoms with Crippen LogP contribution in [0.1, 0.15) is 21.2 Å². The number of ketones is 1. The van der Waals surface area contributed by atoms with Crippen molar-refractivity contribution in [2.75, 3.05) is 7.11 Å². The van der Waals surface area contributed by atoms with Gasteiger partial charge in [0.1, 0.15) is 12.4 Å². The van der Waals surface area contributed by atoms with Gasteiger partial charge in [-0.25, -0.2) is 0 Å². The second kappa shape index (κ2) is 4.99. The maximum absolute atomic E-state index is 12.3. The summed E-state index contributed by atoms with van der Waals surface area (Å²) in [6.07, 6.45) is 0. The lowest BCUT2D eigenvalue weighted by Gasteiger charge is -1.94. The van der Waals surface area contributed by atoms with Crippen molar-refractivity contribution in [1.29, 1.82) is 0 Å². The molecule has 0 radical (unpaired) electrons. The van der Waals surface area contributed by atoms with E-state index in [4.69, 9.17) is 9.15 Å². The molecule has 96 valence electrons. The molecule has 4 heteroatoms. The van der Waals surface area contributed by atoms with E-state index in [1.807, 2.05) is 30.3 Å². The zero-order valence-corrected chi connectivity index (χ0v) is 11.2. The Morgan fingerprint density at radius 3 is 2.89 bits per heavy atom. The highest BCUT2D eigenvalue weighted by molar-refractivity contribution is 7.21. The van der Waals surface area contributed by atoms with Crippen molar-refractivity contribution in [2.45, 2.75) is 6.61 Å². The third kappa shape index (κ3) is 2.32. The summed E-state index contributed by atoms with van der Waals surface area (Å²) >= 11 is 1.48. The van der Waals surface area contributed by atoms with Crippen LogP contribution in [-0.4, -0.2) is 12.9 Å². The van der Waals surface area contributed by atoms with E-state index in [2.05, 4.69) is 0 Å². The van der Waals surface area contributed by atoms with Crippen LogP contribution in [0.5, 0.6) is 0 Å². The van der Waals surface area contributed by atoms with Crippen LogP contribution in [0, 0.1) is 0 Å². The Labute approximate surface area is 114 Å². The fraction of sp³-hybridized carbons (Fsp3) is 0.133. The summed E-state index contributed by atoms with van der Waals surface area (Å²) in [6, 6.07) is 13.3. The number of carbonyl (C=O) groups is 1. The minimum absolute atomic E-state index is 0.0800. The number of methoxy groups -OCH3 is 1. The molecule has 0 aliphatic heterocycles. The number of rotatable bonds is 4. The SMILES string of the molecule is COCc1ccc(C(=O)c2cc3ccccc3s2)o1. The molecule has 0 saturated carbocycles. The van der Waals surface area contributed by atoms with Crippen LogP contribution in [0.2, 0.25) is 0 Å². The summed E-state index contributed by atoms with van der Waals surface area (Å²) in [6.45, 7) is 0.375. The Hall–Kier alpha value is -1.91. The summed E-state index contributed by atoms with van der Waals surface area (Å²) < 4.78 is 11.5. The highest BCUT2D eigenvalue weighted by Gasteiger charge is 2.16. The first-order valence-electron chi connectivity index (χ1n) is 5.89. The van der Waals surface area contributed by atoms with Crippen molar-refractivity contribution >= 4 is 27.2 Å². The van der Waals surface area contributed by atoms with Crippen molar-refractivity contribution in [1.82, 2.24) is 0 Å². The van der Waals surface area contributed by atoms with E-state index in [-0.39, 0.29) is 5.78 Å². The first-order chi connectivity index (χ1) is 9.28. The second-order valence-corrected chi connectivity index (χ2v) is 5.26. The summed E-state index contributed by atoms with van der Waals surface area (Å²) in [5.74, 6) is 0.939. The molecule has 0 aliphatic carbocycles. The highest BCUT2D eigenvalue weighted by atomic mass is 32.1. The molecule has 3 rings (SSSR count). The molecule has 0 bridgehead atoms. The van der Waals surface area contributed by atoms with Crippen LogP contribution in [0.3, 0.4) is 0 Å². The Bertz CT molecular complexity index is 691. The van der Waals surface area contributed by atoms with Gasteiger partial charge in [0.2, 0.25) is 5.78 Å². The van der Waals surface area contributed by atoms with E-state index in [0.29, 0.717) is 23.0 Å². The fourth-order valence-electron chi connectivity index (χ4n) is 1.93. The number of furan rings is 1. The van der Waals surface area contributed by atoms with Crippen molar-refractivity contribution in [3.8, 4) is 0 Å². The van der Waals surface area contributed by atoms with Gasteiger partial charge in [0.25, 0.3) is 0 Å². The maximum atomic E-state index is 12.3. The van der Waals surface area contributed by atoms with E-state index in [9.17, 15) is 4.79 Å². The first kappa shape index (κ1) is 12.1. The molecule has 0 spiro atoms. The van der Waals surface area contributed by atoms with Crippen molar-refractivity contribution in [3.63, 3.8) is 0 Å². The number of hydrogen-bond donors (Lipinski definition) is 0. The first-order valence-corrected chi connectivity index (χ1v) is 6.70. The van der Waals surface area contributed by atoms with E-state index >= 15 is 0 Å². The molecular weight excluding hydrogens is 260 g/mol. The van der Waals surface area contributed by atoms with E-state index < -0.39 is 0 Å². The van der Waals surface area contributed by atoms with Crippen LogP contribution in [-0.2, 0) is 11.3 Å². The molecule has 0 aliphatic rings. The lowest BCUT2D eigenvalue weighted by atomic mass is 10.2.